The Hall–Kier alpha value is -0.980. The van der Waals surface area contributed by atoms with E-state index in [0.29, 0.717) is 12.5 Å². The van der Waals surface area contributed by atoms with E-state index in [1.165, 1.54) is 6.42 Å². The van der Waals surface area contributed by atoms with Crippen LogP contribution in [-0.2, 0) is 0 Å². The van der Waals surface area contributed by atoms with Crippen molar-refractivity contribution in [1.29, 1.82) is 0 Å². The number of piperidine rings is 1. The van der Waals surface area contributed by atoms with Crippen LogP contribution < -0.4 is 5.73 Å². The highest BCUT2D eigenvalue weighted by molar-refractivity contribution is 5.83. The molecule has 0 bridgehead atoms. The number of halogens is 3. The standard InChI is InChI=1S/C13H22F3N3O/c14-13(15,16)10(12(17)18-20)8-19-7-3-5-9-4-1-2-6-11(9)19/h9-11,20H,1-8H2,(H2,17,18)/t9-,10?,11-/m1/s1. The summed E-state index contributed by atoms with van der Waals surface area (Å²) in [5, 5.41) is 11.1. The van der Waals surface area contributed by atoms with Crippen molar-refractivity contribution in [1.82, 2.24) is 4.90 Å². The summed E-state index contributed by atoms with van der Waals surface area (Å²) in [4.78, 5) is 1.91. The van der Waals surface area contributed by atoms with E-state index in [1.54, 1.807) is 0 Å². The molecule has 1 saturated carbocycles. The van der Waals surface area contributed by atoms with Crippen LogP contribution in [0.1, 0.15) is 38.5 Å². The van der Waals surface area contributed by atoms with Gasteiger partial charge in [-0.3, -0.25) is 4.90 Å². The second-order valence-corrected chi connectivity index (χ2v) is 5.87. The minimum atomic E-state index is -4.47. The van der Waals surface area contributed by atoms with Gasteiger partial charge in [0.1, 0.15) is 5.92 Å². The molecule has 2 aliphatic rings. The first-order chi connectivity index (χ1) is 9.43. The quantitative estimate of drug-likeness (QED) is 0.364. The van der Waals surface area contributed by atoms with Gasteiger partial charge in [-0.2, -0.15) is 13.2 Å². The third kappa shape index (κ3) is 3.37. The van der Waals surface area contributed by atoms with Gasteiger partial charge in [0.15, 0.2) is 5.84 Å². The average molecular weight is 293 g/mol. The molecule has 116 valence electrons. The van der Waals surface area contributed by atoms with Gasteiger partial charge < -0.3 is 10.9 Å². The van der Waals surface area contributed by atoms with Crippen molar-refractivity contribution in [3.8, 4) is 0 Å². The predicted octanol–water partition coefficient (Wildman–Crippen LogP) is 2.57. The maximum absolute atomic E-state index is 13.0. The van der Waals surface area contributed by atoms with Gasteiger partial charge in [0.2, 0.25) is 0 Å². The Morgan fingerprint density at radius 3 is 2.55 bits per heavy atom. The summed E-state index contributed by atoms with van der Waals surface area (Å²) in [7, 11) is 0. The summed E-state index contributed by atoms with van der Waals surface area (Å²) in [5.74, 6) is -2.11. The molecule has 2 fully saturated rings. The van der Waals surface area contributed by atoms with Gasteiger partial charge in [0, 0.05) is 12.6 Å². The molecule has 3 atom stereocenters. The lowest BCUT2D eigenvalue weighted by Crippen LogP contribution is -2.52. The third-order valence-electron chi connectivity index (χ3n) is 4.64. The molecule has 3 N–H and O–H groups in total. The predicted molar refractivity (Wildman–Crippen MR) is 69.5 cm³/mol. The molecule has 0 spiro atoms. The van der Waals surface area contributed by atoms with Crippen LogP contribution in [0.3, 0.4) is 0 Å². The van der Waals surface area contributed by atoms with E-state index in [1.807, 2.05) is 4.90 Å². The molecule has 0 amide bonds. The van der Waals surface area contributed by atoms with Crippen LogP contribution in [0, 0.1) is 11.8 Å². The average Bonchev–Trinajstić information content (AvgIpc) is 2.42. The number of hydrogen-bond acceptors (Lipinski definition) is 3. The van der Waals surface area contributed by atoms with Crippen molar-refractivity contribution in [2.75, 3.05) is 13.1 Å². The van der Waals surface area contributed by atoms with Gasteiger partial charge in [0.05, 0.1) is 0 Å². The number of nitrogens with zero attached hydrogens (tertiary/aromatic N) is 2. The Labute approximate surface area is 116 Å². The maximum Gasteiger partial charge on any atom is 0.400 e. The van der Waals surface area contributed by atoms with E-state index in [4.69, 9.17) is 10.9 Å². The molecule has 7 heteroatoms. The van der Waals surface area contributed by atoms with Gasteiger partial charge in [-0.15, -0.1) is 0 Å². The first-order valence-corrected chi connectivity index (χ1v) is 7.21. The minimum absolute atomic E-state index is 0.194. The number of rotatable bonds is 3. The number of amidine groups is 1. The molecule has 0 aromatic heterocycles. The maximum atomic E-state index is 13.0. The Balaban J connectivity index is 2.09. The van der Waals surface area contributed by atoms with Crippen molar-refractivity contribution in [2.24, 2.45) is 22.7 Å². The van der Waals surface area contributed by atoms with E-state index in [0.717, 1.165) is 32.1 Å². The lowest BCUT2D eigenvalue weighted by Gasteiger charge is -2.45. The van der Waals surface area contributed by atoms with Crippen LogP contribution in [0.25, 0.3) is 0 Å². The largest absolute Gasteiger partial charge is 0.409 e. The topological polar surface area (TPSA) is 61.9 Å². The molecule has 0 radical (unpaired) electrons. The van der Waals surface area contributed by atoms with Gasteiger partial charge in [0.25, 0.3) is 0 Å². The van der Waals surface area contributed by atoms with Crippen LogP contribution >= 0.6 is 0 Å². The fourth-order valence-electron chi connectivity index (χ4n) is 3.62. The third-order valence-corrected chi connectivity index (χ3v) is 4.64. The normalized spacial score (nSPS) is 30.9. The highest BCUT2D eigenvalue weighted by atomic mass is 19.4. The molecule has 4 nitrogen and oxygen atoms in total. The number of fused-ring (bicyclic) bond motifs is 1. The van der Waals surface area contributed by atoms with Crippen molar-refractivity contribution in [3.05, 3.63) is 0 Å². The molecule has 20 heavy (non-hydrogen) atoms. The zero-order chi connectivity index (χ0) is 14.8. The van der Waals surface area contributed by atoms with E-state index >= 15 is 0 Å². The van der Waals surface area contributed by atoms with Crippen molar-refractivity contribution in [2.45, 2.75) is 50.7 Å². The molecule has 2 rings (SSSR count). The highest BCUT2D eigenvalue weighted by Crippen LogP contribution is 2.37. The number of oxime groups is 1. The van der Waals surface area contributed by atoms with Crippen LogP contribution in [0.4, 0.5) is 13.2 Å². The second kappa shape index (κ2) is 6.20. The summed E-state index contributed by atoms with van der Waals surface area (Å²) >= 11 is 0. The summed E-state index contributed by atoms with van der Waals surface area (Å²) in [6.07, 6.45) is 1.91. The number of likely N-dealkylation sites (tertiary alicyclic amines) is 1. The fraction of sp³-hybridized carbons (Fsp3) is 0.923. The van der Waals surface area contributed by atoms with Gasteiger partial charge >= 0.3 is 6.18 Å². The minimum Gasteiger partial charge on any atom is -0.409 e. The smallest absolute Gasteiger partial charge is 0.400 e. The number of hydrogen-bond donors (Lipinski definition) is 2. The Kier molecular flexibility index (Phi) is 4.78. The molecule has 1 unspecified atom stereocenters. The highest BCUT2D eigenvalue weighted by Gasteiger charge is 2.45. The second-order valence-electron chi connectivity index (χ2n) is 5.87. The molecule has 1 aliphatic carbocycles. The summed E-state index contributed by atoms with van der Waals surface area (Å²) in [5.41, 5.74) is 5.24. The Morgan fingerprint density at radius 2 is 1.90 bits per heavy atom. The fourth-order valence-corrected chi connectivity index (χ4v) is 3.62. The number of alkyl halides is 3. The summed E-state index contributed by atoms with van der Waals surface area (Å²) in [6, 6.07) is 0.230. The van der Waals surface area contributed by atoms with E-state index in [2.05, 4.69) is 5.16 Å². The van der Waals surface area contributed by atoms with E-state index in [-0.39, 0.29) is 12.6 Å². The van der Waals surface area contributed by atoms with Gasteiger partial charge in [-0.25, -0.2) is 0 Å². The first kappa shape index (κ1) is 15.4. The van der Waals surface area contributed by atoms with Crippen molar-refractivity contribution < 1.29 is 18.4 Å². The SMILES string of the molecule is NC(=NO)C(CN1CCC[C@H]2CCCC[C@H]21)C(F)(F)F. The Morgan fingerprint density at radius 1 is 1.25 bits per heavy atom. The van der Waals surface area contributed by atoms with Crippen LogP contribution in [0.5, 0.6) is 0 Å². The van der Waals surface area contributed by atoms with E-state index in [9.17, 15) is 13.2 Å². The van der Waals surface area contributed by atoms with Gasteiger partial charge in [-0.1, -0.05) is 18.0 Å². The number of nitrogens with two attached hydrogens (primary N) is 1. The van der Waals surface area contributed by atoms with Crippen LogP contribution in [0.15, 0.2) is 5.16 Å². The lowest BCUT2D eigenvalue weighted by molar-refractivity contribution is -0.163. The van der Waals surface area contributed by atoms with Crippen LogP contribution in [0.2, 0.25) is 0 Å². The zero-order valence-corrected chi connectivity index (χ0v) is 11.4. The monoisotopic (exact) mass is 293 g/mol. The molecular formula is C13H22F3N3O. The first-order valence-electron chi connectivity index (χ1n) is 7.21. The Bertz CT molecular complexity index is 357. The molecule has 1 saturated heterocycles. The zero-order valence-electron chi connectivity index (χ0n) is 11.4. The van der Waals surface area contributed by atoms with Crippen LogP contribution in [-0.4, -0.2) is 41.3 Å². The molecule has 0 aromatic rings. The summed E-state index contributed by atoms with van der Waals surface area (Å²) in [6.45, 7) is 0.479. The lowest BCUT2D eigenvalue weighted by atomic mass is 9.78. The molecule has 0 aromatic carbocycles. The van der Waals surface area contributed by atoms with E-state index < -0.39 is 17.9 Å². The summed E-state index contributed by atoms with van der Waals surface area (Å²) < 4.78 is 39.1. The molecular weight excluding hydrogens is 271 g/mol. The van der Waals surface area contributed by atoms with Crippen molar-refractivity contribution >= 4 is 5.84 Å². The van der Waals surface area contributed by atoms with Crippen molar-refractivity contribution in [3.63, 3.8) is 0 Å². The molecule has 1 heterocycles. The molecule has 1 aliphatic heterocycles. The van der Waals surface area contributed by atoms with Gasteiger partial charge in [-0.05, 0) is 38.1 Å².